The van der Waals surface area contributed by atoms with Gasteiger partial charge in [-0.15, -0.1) is 0 Å². The molecule has 1 fully saturated rings. The van der Waals surface area contributed by atoms with Gasteiger partial charge in [0.2, 0.25) is 5.91 Å². The Kier molecular flexibility index (Phi) is 5.20. The molecular weight excluding hydrogens is 268 g/mol. The van der Waals surface area contributed by atoms with Crippen molar-refractivity contribution in [2.75, 3.05) is 25.0 Å². The number of rotatable bonds is 5. The SMILES string of the molecule is CCOc1ccc(NC2CCN(C(C)=O)CC2)cc1C=O. The van der Waals surface area contributed by atoms with E-state index in [9.17, 15) is 9.59 Å². The molecule has 0 spiro atoms. The van der Waals surface area contributed by atoms with E-state index in [1.807, 2.05) is 30.0 Å². The Hall–Kier alpha value is -2.04. The minimum atomic E-state index is 0.137. The number of hydrogen-bond donors (Lipinski definition) is 1. The molecule has 1 aromatic rings. The van der Waals surface area contributed by atoms with Crippen molar-refractivity contribution in [3.05, 3.63) is 23.8 Å². The van der Waals surface area contributed by atoms with Crippen molar-refractivity contribution < 1.29 is 14.3 Å². The molecule has 0 radical (unpaired) electrons. The second kappa shape index (κ2) is 7.11. The molecule has 0 aliphatic carbocycles. The van der Waals surface area contributed by atoms with Crippen molar-refractivity contribution in [3.8, 4) is 5.75 Å². The Labute approximate surface area is 125 Å². The number of piperidine rings is 1. The highest BCUT2D eigenvalue weighted by Gasteiger charge is 2.20. The third-order valence-electron chi connectivity index (χ3n) is 3.75. The molecule has 0 unspecified atom stereocenters. The molecule has 5 heteroatoms. The average molecular weight is 290 g/mol. The Morgan fingerprint density at radius 2 is 2.14 bits per heavy atom. The lowest BCUT2D eigenvalue weighted by Gasteiger charge is -2.32. The fourth-order valence-electron chi connectivity index (χ4n) is 2.59. The van der Waals surface area contributed by atoms with E-state index in [1.165, 1.54) is 0 Å². The van der Waals surface area contributed by atoms with Crippen molar-refractivity contribution in [3.63, 3.8) is 0 Å². The van der Waals surface area contributed by atoms with Gasteiger partial charge in [0, 0.05) is 31.7 Å². The first-order valence-corrected chi connectivity index (χ1v) is 7.38. The van der Waals surface area contributed by atoms with E-state index >= 15 is 0 Å². The first-order chi connectivity index (χ1) is 10.1. The summed E-state index contributed by atoms with van der Waals surface area (Å²) in [5.41, 5.74) is 1.48. The van der Waals surface area contributed by atoms with Crippen LogP contribution in [0.25, 0.3) is 0 Å². The summed E-state index contributed by atoms with van der Waals surface area (Å²) >= 11 is 0. The number of carbonyl (C=O) groups is 2. The first kappa shape index (κ1) is 15.4. The first-order valence-electron chi connectivity index (χ1n) is 7.38. The zero-order chi connectivity index (χ0) is 15.2. The summed E-state index contributed by atoms with van der Waals surface area (Å²) in [6.45, 7) is 5.60. The van der Waals surface area contributed by atoms with Crippen LogP contribution in [-0.4, -0.2) is 42.8 Å². The maximum Gasteiger partial charge on any atom is 0.219 e. The lowest BCUT2D eigenvalue weighted by molar-refractivity contribution is -0.129. The topological polar surface area (TPSA) is 58.6 Å². The molecule has 21 heavy (non-hydrogen) atoms. The number of ether oxygens (including phenoxy) is 1. The lowest BCUT2D eigenvalue weighted by atomic mass is 10.0. The number of anilines is 1. The van der Waals surface area contributed by atoms with Crippen molar-refractivity contribution >= 4 is 17.9 Å². The number of benzene rings is 1. The average Bonchev–Trinajstić information content (AvgIpc) is 2.49. The molecule has 1 saturated heterocycles. The van der Waals surface area contributed by atoms with Gasteiger partial charge in [0.15, 0.2) is 6.29 Å². The molecule has 1 heterocycles. The maximum atomic E-state index is 11.3. The standard InChI is InChI=1S/C16H22N2O3/c1-3-21-16-5-4-15(10-13(16)11-19)17-14-6-8-18(9-7-14)12(2)20/h4-5,10-11,14,17H,3,6-9H2,1-2H3. The normalized spacial score (nSPS) is 15.6. The minimum Gasteiger partial charge on any atom is -0.493 e. The van der Waals surface area contributed by atoms with Crippen molar-refractivity contribution in [1.82, 2.24) is 4.90 Å². The quantitative estimate of drug-likeness (QED) is 0.846. The lowest BCUT2D eigenvalue weighted by Crippen LogP contribution is -2.41. The molecule has 0 atom stereocenters. The van der Waals surface area contributed by atoms with Crippen LogP contribution >= 0.6 is 0 Å². The highest BCUT2D eigenvalue weighted by Crippen LogP contribution is 2.23. The van der Waals surface area contributed by atoms with Crippen molar-refractivity contribution in [2.45, 2.75) is 32.7 Å². The predicted octanol–water partition coefficient (Wildman–Crippen LogP) is 2.32. The Bertz CT molecular complexity index is 508. The van der Waals surface area contributed by atoms with Crippen LogP contribution in [0.1, 0.15) is 37.0 Å². The third-order valence-corrected chi connectivity index (χ3v) is 3.75. The molecule has 1 amide bonds. The summed E-state index contributed by atoms with van der Waals surface area (Å²) in [7, 11) is 0. The number of nitrogens with zero attached hydrogens (tertiary/aromatic N) is 1. The minimum absolute atomic E-state index is 0.137. The number of likely N-dealkylation sites (tertiary alicyclic amines) is 1. The largest absolute Gasteiger partial charge is 0.493 e. The van der Waals surface area contributed by atoms with Crippen molar-refractivity contribution in [1.29, 1.82) is 0 Å². The van der Waals surface area contributed by atoms with E-state index in [4.69, 9.17) is 4.74 Å². The maximum absolute atomic E-state index is 11.3. The highest BCUT2D eigenvalue weighted by molar-refractivity contribution is 5.81. The fraction of sp³-hybridized carbons (Fsp3) is 0.500. The van der Waals surface area contributed by atoms with Crippen LogP contribution in [0.4, 0.5) is 5.69 Å². The molecule has 1 N–H and O–H groups in total. The van der Waals surface area contributed by atoms with Gasteiger partial charge in [-0.25, -0.2) is 0 Å². The summed E-state index contributed by atoms with van der Waals surface area (Å²) in [6.07, 6.45) is 2.65. The van der Waals surface area contributed by atoms with E-state index in [0.29, 0.717) is 24.0 Å². The van der Waals surface area contributed by atoms with Crippen LogP contribution in [0.15, 0.2) is 18.2 Å². The van der Waals surface area contributed by atoms with Gasteiger partial charge in [-0.2, -0.15) is 0 Å². The van der Waals surface area contributed by atoms with E-state index in [0.717, 1.165) is 37.9 Å². The molecule has 1 aliphatic heterocycles. The molecular formula is C16H22N2O3. The fourth-order valence-corrected chi connectivity index (χ4v) is 2.59. The number of carbonyl (C=O) groups excluding carboxylic acids is 2. The smallest absolute Gasteiger partial charge is 0.219 e. The number of aldehydes is 1. The van der Waals surface area contributed by atoms with Crippen LogP contribution in [0.3, 0.4) is 0 Å². The molecule has 114 valence electrons. The Morgan fingerprint density at radius 1 is 1.43 bits per heavy atom. The van der Waals surface area contributed by atoms with Gasteiger partial charge in [0.1, 0.15) is 5.75 Å². The van der Waals surface area contributed by atoms with Gasteiger partial charge in [0.05, 0.1) is 12.2 Å². The van der Waals surface area contributed by atoms with Gasteiger partial charge in [0.25, 0.3) is 0 Å². The molecule has 0 bridgehead atoms. The summed E-state index contributed by atoms with van der Waals surface area (Å²) in [5.74, 6) is 0.752. The third kappa shape index (κ3) is 3.97. The second-order valence-electron chi connectivity index (χ2n) is 5.23. The number of nitrogens with one attached hydrogen (secondary N) is 1. The van der Waals surface area contributed by atoms with E-state index in [-0.39, 0.29) is 5.91 Å². The Morgan fingerprint density at radius 3 is 2.71 bits per heavy atom. The summed E-state index contributed by atoms with van der Waals surface area (Å²) in [6, 6.07) is 5.89. The van der Waals surface area contributed by atoms with Crippen LogP contribution in [0.2, 0.25) is 0 Å². The molecule has 5 nitrogen and oxygen atoms in total. The second-order valence-corrected chi connectivity index (χ2v) is 5.23. The highest BCUT2D eigenvalue weighted by atomic mass is 16.5. The van der Waals surface area contributed by atoms with Crippen LogP contribution in [0, 0.1) is 0 Å². The summed E-state index contributed by atoms with van der Waals surface area (Å²) in [5, 5.41) is 3.43. The Balaban J connectivity index is 1.97. The molecule has 2 rings (SSSR count). The zero-order valence-electron chi connectivity index (χ0n) is 12.6. The number of amides is 1. The number of hydrogen-bond acceptors (Lipinski definition) is 4. The molecule has 0 aromatic heterocycles. The van der Waals surface area contributed by atoms with Crippen LogP contribution in [0.5, 0.6) is 5.75 Å². The van der Waals surface area contributed by atoms with E-state index in [2.05, 4.69) is 5.32 Å². The summed E-state index contributed by atoms with van der Waals surface area (Å²) < 4.78 is 5.41. The predicted molar refractivity (Wildman–Crippen MR) is 81.9 cm³/mol. The zero-order valence-corrected chi connectivity index (χ0v) is 12.6. The summed E-state index contributed by atoms with van der Waals surface area (Å²) in [4.78, 5) is 24.3. The van der Waals surface area contributed by atoms with E-state index < -0.39 is 0 Å². The monoisotopic (exact) mass is 290 g/mol. The van der Waals surface area contributed by atoms with Crippen molar-refractivity contribution in [2.24, 2.45) is 0 Å². The van der Waals surface area contributed by atoms with E-state index in [1.54, 1.807) is 6.92 Å². The van der Waals surface area contributed by atoms with Gasteiger partial charge >= 0.3 is 0 Å². The van der Waals surface area contributed by atoms with Crippen LogP contribution < -0.4 is 10.1 Å². The molecule has 1 aromatic carbocycles. The van der Waals surface area contributed by atoms with Gasteiger partial charge in [-0.3, -0.25) is 9.59 Å². The van der Waals surface area contributed by atoms with Gasteiger partial charge in [-0.1, -0.05) is 0 Å². The van der Waals surface area contributed by atoms with Gasteiger partial charge < -0.3 is 15.0 Å². The van der Waals surface area contributed by atoms with Crippen LogP contribution in [-0.2, 0) is 4.79 Å². The molecule has 0 saturated carbocycles. The molecule has 1 aliphatic rings. The van der Waals surface area contributed by atoms with Gasteiger partial charge in [-0.05, 0) is 38.0 Å².